The smallest absolute Gasteiger partial charge is 0.248 e. The lowest BCUT2D eigenvalue weighted by Crippen LogP contribution is -2.26. The lowest BCUT2D eigenvalue weighted by molar-refractivity contribution is -0.0569. The van der Waals surface area contributed by atoms with Crippen molar-refractivity contribution >= 4 is 11.0 Å². The van der Waals surface area contributed by atoms with E-state index < -0.39 is 12.9 Å². The second-order valence-electron chi connectivity index (χ2n) is 7.63. The largest absolute Gasteiger partial charge is 0.376 e. The Labute approximate surface area is 166 Å². The molecule has 0 N–H and O–H groups in total. The zero-order valence-corrected chi connectivity index (χ0v) is 16.0. The lowest BCUT2D eigenvalue weighted by atomic mass is 9.87. The summed E-state index contributed by atoms with van der Waals surface area (Å²) in [5, 5.41) is 4.65. The van der Waals surface area contributed by atoms with E-state index >= 15 is 0 Å². The number of pyridine rings is 1. The van der Waals surface area contributed by atoms with Crippen molar-refractivity contribution < 1.29 is 22.2 Å². The minimum Gasteiger partial charge on any atom is -0.376 e. The highest BCUT2D eigenvalue weighted by Crippen LogP contribution is 2.36. The summed E-state index contributed by atoms with van der Waals surface area (Å²) in [7, 11) is 0. The molecule has 0 atom stereocenters. The Bertz CT molecular complexity index is 1060. The SMILES string of the molecule is [2H]C([2H])([2H])n1cc(COCC2CCC(F)(F)CC2)c2cc(-c3c(C)noc3C)cnc21. The molecule has 1 aliphatic carbocycles. The van der Waals surface area contributed by atoms with E-state index in [2.05, 4.69) is 10.1 Å². The number of nitrogens with zero attached hydrogens (tertiary/aromatic N) is 3. The number of ether oxygens (including phenoxy) is 1. The summed E-state index contributed by atoms with van der Waals surface area (Å²) >= 11 is 0. The van der Waals surface area contributed by atoms with E-state index in [0.717, 1.165) is 16.8 Å². The van der Waals surface area contributed by atoms with Crippen LogP contribution in [0, 0.1) is 19.8 Å². The van der Waals surface area contributed by atoms with Crippen LogP contribution in [0.5, 0.6) is 0 Å². The summed E-state index contributed by atoms with van der Waals surface area (Å²) < 4.78 is 62.4. The standard InChI is InChI=1S/C21H25F2N3O2/c1-13-19(14(2)28-25-13)16-8-18-17(10-26(3)20(18)24-9-16)12-27-11-15-4-6-21(22,23)7-5-15/h8-10,15H,4-7,11-12H2,1-3H3/i3D3. The monoisotopic (exact) mass is 392 g/mol. The van der Waals surface area contributed by atoms with Crippen molar-refractivity contribution in [3.63, 3.8) is 0 Å². The van der Waals surface area contributed by atoms with E-state index in [4.69, 9.17) is 13.4 Å². The predicted molar refractivity (Wildman–Crippen MR) is 102 cm³/mol. The molecule has 0 aliphatic heterocycles. The molecule has 4 rings (SSSR count). The van der Waals surface area contributed by atoms with Crippen LogP contribution in [0.2, 0.25) is 0 Å². The lowest BCUT2D eigenvalue weighted by Gasteiger charge is -2.27. The minimum absolute atomic E-state index is 0.0894. The topological polar surface area (TPSA) is 53.1 Å². The second-order valence-corrected chi connectivity index (χ2v) is 7.63. The van der Waals surface area contributed by atoms with E-state index in [1.807, 2.05) is 19.9 Å². The molecular formula is C21H25F2N3O2. The Kier molecular flexibility index (Phi) is 4.06. The summed E-state index contributed by atoms with van der Waals surface area (Å²) in [6, 6.07) is 1.87. The fourth-order valence-electron chi connectivity index (χ4n) is 3.92. The predicted octanol–water partition coefficient (Wildman–Crippen LogP) is 5.19. The van der Waals surface area contributed by atoms with Crippen LogP contribution in [0.25, 0.3) is 22.2 Å². The normalized spacial score (nSPS) is 19.5. The first kappa shape index (κ1) is 15.6. The average molecular weight is 392 g/mol. The molecule has 7 heteroatoms. The number of rotatable bonds is 5. The molecular weight excluding hydrogens is 364 g/mol. The summed E-state index contributed by atoms with van der Waals surface area (Å²) in [5.74, 6) is -1.82. The van der Waals surface area contributed by atoms with Crippen LogP contribution in [0.3, 0.4) is 0 Å². The van der Waals surface area contributed by atoms with Gasteiger partial charge in [-0.15, -0.1) is 0 Å². The molecule has 0 saturated heterocycles. The Hall–Kier alpha value is -2.28. The summed E-state index contributed by atoms with van der Waals surface area (Å²) in [6.45, 7) is 1.81. The quantitative estimate of drug-likeness (QED) is 0.600. The van der Waals surface area contributed by atoms with Gasteiger partial charge in [0.25, 0.3) is 0 Å². The van der Waals surface area contributed by atoms with Crippen molar-refractivity contribution in [1.82, 2.24) is 14.7 Å². The number of aryl methyl sites for hydroxylation is 3. The first-order valence-electron chi connectivity index (χ1n) is 10.9. The molecule has 1 aliphatic rings. The summed E-state index contributed by atoms with van der Waals surface area (Å²) in [6.07, 6.45) is 3.80. The van der Waals surface area contributed by atoms with Crippen molar-refractivity contribution in [1.29, 1.82) is 0 Å². The van der Waals surface area contributed by atoms with Gasteiger partial charge >= 0.3 is 0 Å². The van der Waals surface area contributed by atoms with Crippen LogP contribution in [-0.4, -0.2) is 27.2 Å². The van der Waals surface area contributed by atoms with E-state index in [-0.39, 0.29) is 25.4 Å². The molecule has 150 valence electrons. The fourth-order valence-corrected chi connectivity index (χ4v) is 3.92. The number of aromatic nitrogens is 3. The van der Waals surface area contributed by atoms with E-state index in [1.54, 1.807) is 6.20 Å². The molecule has 0 amide bonds. The third kappa shape index (κ3) is 3.68. The van der Waals surface area contributed by atoms with Crippen molar-refractivity contribution in [3.05, 3.63) is 35.5 Å². The minimum atomic E-state index is -2.57. The Morgan fingerprint density at radius 3 is 2.82 bits per heavy atom. The number of alkyl halides is 2. The van der Waals surface area contributed by atoms with Gasteiger partial charge in [-0.25, -0.2) is 13.8 Å². The highest BCUT2D eigenvalue weighted by atomic mass is 19.3. The fraction of sp³-hybridized carbons (Fsp3) is 0.524. The zero-order chi connectivity index (χ0) is 22.4. The number of hydrogen-bond acceptors (Lipinski definition) is 4. The third-order valence-corrected chi connectivity index (χ3v) is 5.50. The molecule has 1 fully saturated rings. The van der Waals surface area contributed by atoms with E-state index in [0.29, 0.717) is 41.8 Å². The van der Waals surface area contributed by atoms with E-state index in [1.165, 1.54) is 10.8 Å². The van der Waals surface area contributed by atoms with Crippen LogP contribution in [0.15, 0.2) is 23.0 Å². The first-order chi connectivity index (χ1) is 14.5. The van der Waals surface area contributed by atoms with Gasteiger partial charge in [-0.3, -0.25) is 0 Å². The average Bonchev–Trinajstić information content (AvgIpc) is 3.22. The first-order valence-corrected chi connectivity index (χ1v) is 9.44. The zero-order valence-electron chi connectivity index (χ0n) is 19.0. The van der Waals surface area contributed by atoms with Crippen molar-refractivity contribution in [2.45, 2.75) is 52.1 Å². The molecule has 3 aromatic heterocycles. The van der Waals surface area contributed by atoms with Crippen LogP contribution < -0.4 is 0 Å². The highest BCUT2D eigenvalue weighted by Gasteiger charge is 2.34. The van der Waals surface area contributed by atoms with Gasteiger partial charge in [-0.2, -0.15) is 0 Å². The summed E-state index contributed by atoms with van der Waals surface area (Å²) in [4.78, 5) is 4.41. The Morgan fingerprint density at radius 1 is 1.36 bits per heavy atom. The maximum absolute atomic E-state index is 13.4. The molecule has 5 nitrogen and oxygen atoms in total. The van der Waals surface area contributed by atoms with Crippen LogP contribution in [-0.2, 0) is 18.3 Å². The van der Waals surface area contributed by atoms with Crippen molar-refractivity contribution in [2.24, 2.45) is 12.9 Å². The molecule has 0 spiro atoms. The maximum Gasteiger partial charge on any atom is 0.248 e. The molecule has 0 unspecified atom stereocenters. The Morgan fingerprint density at radius 2 is 2.14 bits per heavy atom. The highest BCUT2D eigenvalue weighted by molar-refractivity contribution is 5.85. The molecule has 0 aromatic carbocycles. The molecule has 0 radical (unpaired) electrons. The Balaban J connectivity index is 1.60. The maximum atomic E-state index is 13.4. The second kappa shape index (κ2) is 7.28. The molecule has 1 saturated carbocycles. The van der Waals surface area contributed by atoms with Gasteiger partial charge in [0.2, 0.25) is 5.92 Å². The van der Waals surface area contributed by atoms with Gasteiger partial charge in [0.05, 0.1) is 12.3 Å². The molecule has 3 heterocycles. The van der Waals surface area contributed by atoms with Gasteiger partial charge in [0.15, 0.2) is 0 Å². The van der Waals surface area contributed by atoms with E-state index in [9.17, 15) is 8.78 Å². The van der Waals surface area contributed by atoms with Gasteiger partial charge in [0.1, 0.15) is 11.4 Å². The number of hydrogen-bond donors (Lipinski definition) is 0. The number of fused-ring (bicyclic) bond motifs is 1. The van der Waals surface area contributed by atoms with Crippen LogP contribution >= 0.6 is 0 Å². The molecule has 28 heavy (non-hydrogen) atoms. The summed E-state index contributed by atoms with van der Waals surface area (Å²) in [5.41, 5.74) is 3.36. The van der Waals surface area contributed by atoms with Crippen molar-refractivity contribution in [3.8, 4) is 11.1 Å². The molecule has 3 aromatic rings. The van der Waals surface area contributed by atoms with Gasteiger partial charge in [-0.1, -0.05) is 5.16 Å². The van der Waals surface area contributed by atoms with Gasteiger partial charge in [0, 0.05) is 65.0 Å². The van der Waals surface area contributed by atoms with Gasteiger partial charge in [-0.05, 0) is 38.7 Å². The van der Waals surface area contributed by atoms with Crippen molar-refractivity contribution in [2.75, 3.05) is 6.61 Å². The van der Waals surface area contributed by atoms with Gasteiger partial charge < -0.3 is 13.8 Å². The third-order valence-electron chi connectivity index (χ3n) is 5.50. The van der Waals surface area contributed by atoms with Crippen LogP contribution in [0.1, 0.15) is 46.8 Å². The molecule has 0 bridgehead atoms. The van der Waals surface area contributed by atoms with Crippen LogP contribution in [0.4, 0.5) is 8.78 Å². The number of halogens is 2.